The standard InChI is InChI=1S/C13H16N2O5/c1-3-4-11(13(17)18)14-12(16)10-6-5-9(15(19)20)7-8(10)2/h5-7,11H,3-4H2,1-2H3,(H,14,16)(H,17,18)/t11-/m0/s1. The SMILES string of the molecule is CCC[C@H](NC(=O)c1ccc([N+](=O)[O-])cc1C)C(=O)O. The van der Waals surface area contributed by atoms with Crippen molar-refractivity contribution in [1.29, 1.82) is 0 Å². The number of nitro benzene ring substituents is 1. The number of non-ortho nitro benzene ring substituents is 1. The maximum absolute atomic E-state index is 12.0. The molecule has 0 fully saturated rings. The Balaban J connectivity index is 2.92. The van der Waals surface area contributed by atoms with Crippen LogP contribution in [0.5, 0.6) is 0 Å². The Morgan fingerprint density at radius 3 is 2.55 bits per heavy atom. The van der Waals surface area contributed by atoms with Gasteiger partial charge in [0.15, 0.2) is 0 Å². The molecule has 0 saturated heterocycles. The Bertz CT molecular complexity index is 542. The van der Waals surface area contributed by atoms with Gasteiger partial charge in [-0.1, -0.05) is 13.3 Å². The molecule has 1 atom stereocenters. The highest BCUT2D eigenvalue weighted by Gasteiger charge is 2.21. The Hall–Kier alpha value is -2.44. The second kappa shape index (κ2) is 6.65. The van der Waals surface area contributed by atoms with Gasteiger partial charge in [-0.15, -0.1) is 0 Å². The molecule has 7 heteroatoms. The number of nitrogens with one attached hydrogen (secondary N) is 1. The van der Waals surface area contributed by atoms with Crippen LogP contribution in [0.3, 0.4) is 0 Å². The molecular weight excluding hydrogens is 264 g/mol. The number of nitro groups is 1. The van der Waals surface area contributed by atoms with Crippen LogP contribution in [0.25, 0.3) is 0 Å². The summed E-state index contributed by atoms with van der Waals surface area (Å²) in [6, 6.07) is 2.87. The van der Waals surface area contributed by atoms with Crippen molar-refractivity contribution in [3.05, 3.63) is 39.4 Å². The lowest BCUT2D eigenvalue weighted by molar-refractivity contribution is -0.384. The molecule has 0 bridgehead atoms. The minimum absolute atomic E-state index is 0.109. The minimum Gasteiger partial charge on any atom is -0.480 e. The van der Waals surface area contributed by atoms with Crippen LogP contribution in [0.1, 0.15) is 35.7 Å². The van der Waals surface area contributed by atoms with E-state index in [0.717, 1.165) is 0 Å². The summed E-state index contributed by atoms with van der Waals surface area (Å²) in [5, 5.41) is 22.0. The zero-order valence-corrected chi connectivity index (χ0v) is 11.3. The molecule has 1 rings (SSSR count). The summed E-state index contributed by atoms with van der Waals surface area (Å²) in [7, 11) is 0. The van der Waals surface area contributed by atoms with Crippen LogP contribution in [0.2, 0.25) is 0 Å². The molecule has 7 nitrogen and oxygen atoms in total. The monoisotopic (exact) mass is 280 g/mol. The summed E-state index contributed by atoms with van der Waals surface area (Å²) in [6.07, 6.45) is 0.948. The molecule has 0 aromatic heterocycles. The number of rotatable bonds is 6. The molecule has 1 amide bonds. The summed E-state index contributed by atoms with van der Waals surface area (Å²) in [5.74, 6) is -1.64. The van der Waals surface area contributed by atoms with Crippen LogP contribution in [-0.4, -0.2) is 27.9 Å². The molecule has 0 aliphatic rings. The van der Waals surface area contributed by atoms with Gasteiger partial charge < -0.3 is 10.4 Å². The molecular formula is C13H16N2O5. The number of carbonyl (C=O) groups is 2. The zero-order valence-electron chi connectivity index (χ0n) is 11.3. The smallest absolute Gasteiger partial charge is 0.326 e. The fourth-order valence-corrected chi connectivity index (χ4v) is 1.80. The Kier molecular flexibility index (Phi) is 5.19. The van der Waals surface area contributed by atoms with Gasteiger partial charge in [0, 0.05) is 17.7 Å². The topological polar surface area (TPSA) is 110 Å². The lowest BCUT2D eigenvalue weighted by Gasteiger charge is -2.14. The fraction of sp³-hybridized carbons (Fsp3) is 0.385. The zero-order chi connectivity index (χ0) is 15.3. The maximum atomic E-state index is 12.0. The third-order valence-electron chi connectivity index (χ3n) is 2.85. The number of carbonyl (C=O) groups excluding carboxylic acids is 1. The van der Waals surface area contributed by atoms with Crippen molar-refractivity contribution in [2.24, 2.45) is 0 Å². The second-order valence-electron chi connectivity index (χ2n) is 4.41. The predicted octanol–water partition coefficient (Wildman–Crippen LogP) is 1.89. The molecule has 0 spiro atoms. The van der Waals surface area contributed by atoms with Crippen molar-refractivity contribution in [3.8, 4) is 0 Å². The van der Waals surface area contributed by atoms with Gasteiger partial charge in [-0.25, -0.2) is 4.79 Å². The molecule has 0 heterocycles. The summed E-state index contributed by atoms with van der Waals surface area (Å²) in [4.78, 5) is 33.0. The van der Waals surface area contributed by atoms with E-state index >= 15 is 0 Å². The highest BCUT2D eigenvalue weighted by atomic mass is 16.6. The summed E-state index contributed by atoms with van der Waals surface area (Å²) in [5.41, 5.74) is 0.553. The Labute approximate surface area is 115 Å². The minimum atomic E-state index is -1.10. The summed E-state index contributed by atoms with van der Waals surface area (Å²) >= 11 is 0. The van der Waals surface area contributed by atoms with Crippen molar-refractivity contribution in [1.82, 2.24) is 5.32 Å². The first kappa shape index (κ1) is 15.6. The van der Waals surface area contributed by atoms with Gasteiger partial charge >= 0.3 is 5.97 Å². The van der Waals surface area contributed by atoms with Crippen molar-refractivity contribution in [2.75, 3.05) is 0 Å². The molecule has 0 aliphatic carbocycles. The van der Waals surface area contributed by atoms with Crippen molar-refractivity contribution in [2.45, 2.75) is 32.7 Å². The van der Waals surface area contributed by atoms with Crippen molar-refractivity contribution < 1.29 is 19.6 Å². The number of hydrogen-bond acceptors (Lipinski definition) is 4. The first-order valence-electron chi connectivity index (χ1n) is 6.15. The van der Waals surface area contributed by atoms with Crippen LogP contribution in [-0.2, 0) is 4.79 Å². The number of amides is 1. The number of nitrogens with zero attached hydrogens (tertiary/aromatic N) is 1. The average molecular weight is 280 g/mol. The van der Waals surface area contributed by atoms with Gasteiger partial charge in [0.05, 0.1) is 4.92 Å². The number of benzene rings is 1. The molecule has 1 aromatic carbocycles. The van der Waals surface area contributed by atoms with E-state index in [1.54, 1.807) is 6.92 Å². The lowest BCUT2D eigenvalue weighted by atomic mass is 10.1. The third kappa shape index (κ3) is 3.78. The van der Waals surface area contributed by atoms with Gasteiger partial charge in [-0.3, -0.25) is 14.9 Å². The molecule has 108 valence electrons. The summed E-state index contributed by atoms with van der Waals surface area (Å²) in [6.45, 7) is 3.39. The molecule has 0 aliphatic heterocycles. The van der Waals surface area contributed by atoms with Crippen LogP contribution in [0, 0.1) is 17.0 Å². The van der Waals surface area contributed by atoms with Gasteiger partial charge in [0.25, 0.3) is 11.6 Å². The second-order valence-corrected chi connectivity index (χ2v) is 4.41. The van der Waals surface area contributed by atoms with E-state index in [1.807, 2.05) is 6.92 Å². The van der Waals surface area contributed by atoms with E-state index in [0.29, 0.717) is 18.4 Å². The van der Waals surface area contributed by atoms with Crippen LogP contribution in [0.4, 0.5) is 5.69 Å². The maximum Gasteiger partial charge on any atom is 0.326 e. The van der Waals surface area contributed by atoms with Gasteiger partial charge in [0.1, 0.15) is 6.04 Å². The third-order valence-corrected chi connectivity index (χ3v) is 2.85. The summed E-state index contributed by atoms with van der Waals surface area (Å²) < 4.78 is 0. The van der Waals surface area contributed by atoms with E-state index < -0.39 is 22.8 Å². The van der Waals surface area contributed by atoms with Crippen molar-refractivity contribution >= 4 is 17.6 Å². The predicted molar refractivity (Wildman–Crippen MR) is 71.6 cm³/mol. The van der Waals surface area contributed by atoms with Gasteiger partial charge in [-0.2, -0.15) is 0 Å². The van der Waals surface area contributed by atoms with E-state index in [9.17, 15) is 19.7 Å². The lowest BCUT2D eigenvalue weighted by Crippen LogP contribution is -2.40. The fourth-order valence-electron chi connectivity index (χ4n) is 1.80. The van der Waals surface area contributed by atoms with E-state index in [1.165, 1.54) is 18.2 Å². The molecule has 2 N–H and O–H groups in total. The number of hydrogen-bond donors (Lipinski definition) is 2. The van der Waals surface area contributed by atoms with Crippen LogP contribution >= 0.6 is 0 Å². The molecule has 0 saturated carbocycles. The van der Waals surface area contributed by atoms with Crippen LogP contribution < -0.4 is 5.32 Å². The first-order valence-corrected chi connectivity index (χ1v) is 6.15. The molecule has 1 aromatic rings. The van der Waals surface area contributed by atoms with Gasteiger partial charge in [0.2, 0.25) is 0 Å². The molecule has 0 radical (unpaired) electrons. The molecule has 0 unspecified atom stereocenters. The first-order chi connectivity index (χ1) is 9.36. The average Bonchev–Trinajstić information content (AvgIpc) is 2.37. The van der Waals surface area contributed by atoms with E-state index in [2.05, 4.69) is 5.32 Å². The largest absolute Gasteiger partial charge is 0.480 e. The normalized spacial score (nSPS) is 11.7. The Morgan fingerprint density at radius 1 is 1.45 bits per heavy atom. The van der Waals surface area contributed by atoms with E-state index in [4.69, 9.17) is 5.11 Å². The van der Waals surface area contributed by atoms with Crippen LogP contribution in [0.15, 0.2) is 18.2 Å². The highest BCUT2D eigenvalue weighted by molar-refractivity contribution is 5.98. The number of aliphatic carboxylic acids is 1. The Morgan fingerprint density at radius 2 is 2.10 bits per heavy atom. The number of carboxylic acids is 1. The number of carboxylic acid groups (broad SMARTS) is 1. The van der Waals surface area contributed by atoms with Crippen molar-refractivity contribution in [3.63, 3.8) is 0 Å². The number of aryl methyl sites for hydroxylation is 1. The molecule has 20 heavy (non-hydrogen) atoms. The van der Waals surface area contributed by atoms with Gasteiger partial charge in [-0.05, 0) is 25.0 Å². The highest BCUT2D eigenvalue weighted by Crippen LogP contribution is 2.17. The van der Waals surface area contributed by atoms with E-state index in [-0.39, 0.29) is 11.3 Å². The quantitative estimate of drug-likeness (QED) is 0.610.